The minimum absolute atomic E-state index is 0.00652. The Kier molecular flexibility index (Phi) is 6.47. The molecule has 0 aliphatic heterocycles. The van der Waals surface area contributed by atoms with Gasteiger partial charge in [-0.3, -0.25) is 9.10 Å². The smallest absolute Gasteiger partial charge is 0.264 e. The minimum atomic E-state index is -3.77. The Morgan fingerprint density at radius 1 is 0.806 bits per heavy atom. The Morgan fingerprint density at radius 2 is 1.35 bits per heavy atom. The molecule has 7 nitrogen and oxygen atoms in total. The van der Waals surface area contributed by atoms with E-state index in [2.05, 4.69) is 5.32 Å². The zero-order valence-corrected chi connectivity index (χ0v) is 18.7. The van der Waals surface area contributed by atoms with Gasteiger partial charge in [-0.2, -0.15) is 0 Å². The van der Waals surface area contributed by atoms with E-state index in [1.807, 2.05) is 0 Å². The number of hydrogen-bond donors (Lipinski definition) is 1. The molecule has 0 fully saturated rings. The van der Waals surface area contributed by atoms with E-state index in [0.717, 1.165) is 0 Å². The third-order valence-electron chi connectivity index (χ3n) is 4.75. The SMILES string of the molecule is CCS(=O)(=O)c1ccc(NC(=O)c2ccc(S(=O)(=O)N(C)c3ccccc3)cc2)cc1. The molecular formula is C22H22N2O5S2. The molecule has 9 heteroatoms. The van der Waals surface area contributed by atoms with Crippen LogP contribution in [0.4, 0.5) is 11.4 Å². The highest BCUT2D eigenvalue weighted by Crippen LogP contribution is 2.22. The van der Waals surface area contributed by atoms with Gasteiger partial charge in [0.05, 0.1) is 21.2 Å². The summed E-state index contributed by atoms with van der Waals surface area (Å²) in [6.45, 7) is 1.56. The van der Waals surface area contributed by atoms with Crippen molar-refractivity contribution >= 4 is 37.1 Å². The van der Waals surface area contributed by atoms with E-state index in [0.29, 0.717) is 11.4 Å². The second-order valence-electron chi connectivity index (χ2n) is 6.71. The molecule has 0 heterocycles. The second-order valence-corrected chi connectivity index (χ2v) is 11.0. The Hall–Kier alpha value is -3.17. The van der Waals surface area contributed by atoms with Gasteiger partial charge in [0, 0.05) is 18.3 Å². The Labute approximate surface area is 182 Å². The molecule has 3 rings (SSSR count). The molecule has 0 saturated heterocycles. The van der Waals surface area contributed by atoms with Crippen molar-refractivity contribution < 1.29 is 21.6 Å². The van der Waals surface area contributed by atoms with Gasteiger partial charge in [-0.1, -0.05) is 25.1 Å². The molecule has 162 valence electrons. The van der Waals surface area contributed by atoms with Crippen molar-refractivity contribution in [2.45, 2.75) is 16.7 Å². The quantitative estimate of drug-likeness (QED) is 0.583. The number of hydrogen-bond acceptors (Lipinski definition) is 5. The van der Waals surface area contributed by atoms with Crippen LogP contribution in [-0.4, -0.2) is 35.5 Å². The van der Waals surface area contributed by atoms with E-state index in [9.17, 15) is 21.6 Å². The molecule has 1 amide bonds. The predicted octanol–water partition coefficient (Wildman–Crippen LogP) is 3.56. The lowest BCUT2D eigenvalue weighted by molar-refractivity contribution is 0.102. The van der Waals surface area contributed by atoms with Crippen molar-refractivity contribution in [3.05, 3.63) is 84.4 Å². The maximum absolute atomic E-state index is 12.8. The van der Waals surface area contributed by atoms with E-state index in [-0.39, 0.29) is 21.1 Å². The highest BCUT2D eigenvalue weighted by molar-refractivity contribution is 7.92. The highest BCUT2D eigenvalue weighted by Gasteiger charge is 2.21. The number of anilines is 2. The molecule has 0 atom stereocenters. The van der Waals surface area contributed by atoms with Crippen molar-refractivity contribution in [1.29, 1.82) is 0 Å². The maximum atomic E-state index is 12.8. The molecule has 0 aromatic heterocycles. The summed E-state index contributed by atoms with van der Waals surface area (Å²) < 4.78 is 50.5. The Morgan fingerprint density at radius 3 is 1.90 bits per heavy atom. The van der Waals surface area contributed by atoms with Gasteiger partial charge in [0.25, 0.3) is 15.9 Å². The normalized spacial score (nSPS) is 11.7. The third kappa shape index (κ3) is 4.95. The van der Waals surface area contributed by atoms with Gasteiger partial charge >= 0.3 is 0 Å². The lowest BCUT2D eigenvalue weighted by Crippen LogP contribution is -2.26. The third-order valence-corrected chi connectivity index (χ3v) is 8.30. The molecule has 0 radical (unpaired) electrons. The van der Waals surface area contributed by atoms with Gasteiger partial charge in [-0.15, -0.1) is 0 Å². The zero-order valence-electron chi connectivity index (χ0n) is 17.0. The molecule has 0 aliphatic carbocycles. The number of amides is 1. The van der Waals surface area contributed by atoms with Crippen LogP contribution in [0.25, 0.3) is 0 Å². The number of nitrogens with one attached hydrogen (secondary N) is 1. The van der Waals surface area contributed by atoms with Crippen LogP contribution in [0, 0.1) is 0 Å². The van der Waals surface area contributed by atoms with Crippen LogP contribution >= 0.6 is 0 Å². The summed E-state index contributed by atoms with van der Waals surface area (Å²) in [6, 6.07) is 20.2. The summed E-state index contributed by atoms with van der Waals surface area (Å²) in [6.07, 6.45) is 0. The number of nitrogens with zero attached hydrogens (tertiary/aromatic N) is 1. The van der Waals surface area contributed by atoms with Crippen LogP contribution in [0.5, 0.6) is 0 Å². The summed E-state index contributed by atoms with van der Waals surface area (Å²) in [7, 11) is -5.62. The van der Waals surface area contributed by atoms with Crippen molar-refractivity contribution in [3.63, 3.8) is 0 Å². The molecule has 0 aliphatic rings. The number of carbonyl (C=O) groups is 1. The molecule has 0 unspecified atom stereocenters. The fraction of sp³-hybridized carbons (Fsp3) is 0.136. The summed E-state index contributed by atoms with van der Waals surface area (Å²) in [5.41, 5.74) is 1.23. The lowest BCUT2D eigenvalue weighted by atomic mass is 10.2. The second kappa shape index (κ2) is 8.91. The number of benzene rings is 3. The molecule has 1 N–H and O–H groups in total. The maximum Gasteiger partial charge on any atom is 0.264 e. The Balaban J connectivity index is 1.74. The molecule has 3 aromatic carbocycles. The monoisotopic (exact) mass is 458 g/mol. The number of para-hydroxylation sites is 1. The number of sulfonamides is 1. The average Bonchev–Trinajstić information content (AvgIpc) is 2.79. The van der Waals surface area contributed by atoms with Gasteiger partial charge in [-0.25, -0.2) is 16.8 Å². The van der Waals surface area contributed by atoms with Crippen LogP contribution in [0.3, 0.4) is 0 Å². The molecule has 0 saturated carbocycles. The fourth-order valence-corrected chi connectivity index (χ4v) is 4.91. The van der Waals surface area contributed by atoms with E-state index in [1.54, 1.807) is 37.3 Å². The van der Waals surface area contributed by atoms with E-state index < -0.39 is 25.8 Å². The molecular weight excluding hydrogens is 436 g/mol. The fourth-order valence-electron chi connectivity index (χ4n) is 2.83. The van der Waals surface area contributed by atoms with Crippen LogP contribution in [-0.2, 0) is 19.9 Å². The Bertz CT molecular complexity index is 1270. The van der Waals surface area contributed by atoms with Gasteiger partial charge in [0.1, 0.15) is 0 Å². The van der Waals surface area contributed by atoms with Gasteiger partial charge in [0.15, 0.2) is 9.84 Å². The first-order valence-electron chi connectivity index (χ1n) is 9.43. The van der Waals surface area contributed by atoms with Gasteiger partial charge in [-0.05, 0) is 60.7 Å². The summed E-state index contributed by atoms with van der Waals surface area (Å²) in [4.78, 5) is 12.7. The van der Waals surface area contributed by atoms with Crippen molar-refractivity contribution in [1.82, 2.24) is 0 Å². The topological polar surface area (TPSA) is 101 Å². The first kappa shape index (κ1) is 22.5. The number of carbonyl (C=O) groups excluding carboxylic acids is 1. The number of sulfone groups is 1. The minimum Gasteiger partial charge on any atom is -0.322 e. The van der Waals surface area contributed by atoms with E-state index >= 15 is 0 Å². The standard InChI is InChI=1S/C22H22N2O5S2/c1-3-30(26,27)20-15-11-18(12-16-20)23-22(25)17-9-13-21(14-10-17)31(28,29)24(2)19-7-5-4-6-8-19/h4-16H,3H2,1-2H3,(H,23,25). The first-order chi connectivity index (χ1) is 14.6. The molecule has 0 spiro atoms. The van der Waals surface area contributed by atoms with E-state index in [1.165, 1.54) is 59.9 Å². The first-order valence-corrected chi connectivity index (χ1v) is 12.5. The molecule has 0 bridgehead atoms. The summed E-state index contributed by atoms with van der Waals surface area (Å²) >= 11 is 0. The summed E-state index contributed by atoms with van der Waals surface area (Å²) in [5.74, 6) is -0.445. The largest absolute Gasteiger partial charge is 0.322 e. The van der Waals surface area contributed by atoms with Crippen LogP contribution in [0.2, 0.25) is 0 Å². The predicted molar refractivity (Wildman–Crippen MR) is 121 cm³/mol. The van der Waals surface area contributed by atoms with Crippen molar-refractivity contribution in [3.8, 4) is 0 Å². The lowest BCUT2D eigenvalue weighted by Gasteiger charge is -2.19. The molecule has 3 aromatic rings. The number of rotatable bonds is 7. The zero-order chi connectivity index (χ0) is 22.6. The van der Waals surface area contributed by atoms with E-state index in [4.69, 9.17) is 0 Å². The summed E-state index contributed by atoms with van der Waals surface area (Å²) in [5, 5.41) is 2.67. The average molecular weight is 459 g/mol. The van der Waals surface area contributed by atoms with Crippen molar-refractivity contribution in [2.75, 3.05) is 22.4 Å². The van der Waals surface area contributed by atoms with Crippen LogP contribution < -0.4 is 9.62 Å². The molecule has 31 heavy (non-hydrogen) atoms. The van der Waals surface area contributed by atoms with Crippen molar-refractivity contribution in [2.24, 2.45) is 0 Å². The van der Waals surface area contributed by atoms with Crippen LogP contribution in [0.15, 0.2) is 88.7 Å². The van der Waals surface area contributed by atoms with Gasteiger partial charge in [0.2, 0.25) is 0 Å². The van der Waals surface area contributed by atoms with Crippen LogP contribution in [0.1, 0.15) is 17.3 Å². The highest BCUT2D eigenvalue weighted by atomic mass is 32.2. The van der Waals surface area contributed by atoms with Gasteiger partial charge < -0.3 is 5.32 Å².